The molecule has 0 aliphatic carbocycles. The molecule has 0 saturated heterocycles. The smallest absolute Gasteiger partial charge is 0.408 e. The van der Waals surface area contributed by atoms with Gasteiger partial charge in [0.2, 0.25) is 0 Å². The van der Waals surface area contributed by atoms with Crippen LogP contribution in [-0.2, 0) is 11.3 Å². The van der Waals surface area contributed by atoms with Crippen molar-refractivity contribution in [3.63, 3.8) is 0 Å². The Hall–Kier alpha value is -2.30. The topological polar surface area (TPSA) is 67.0 Å². The van der Waals surface area contributed by atoms with E-state index in [1.165, 1.54) is 0 Å². The Morgan fingerprint density at radius 3 is 2.70 bits per heavy atom. The number of nitrogens with one attached hydrogen (secondary N) is 2. The number of imidazole rings is 1. The van der Waals surface area contributed by atoms with Crippen molar-refractivity contribution in [3.05, 3.63) is 54.1 Å². The average molecular weight is 273 g/mol. The summed E-state index contributed by atoms with van der Waals surface area (Å²) in [7, 11) is 0. The van der Waals surface area contributed by atoms with Crippen molar-refractivity contribution in [3.8, 4) is 0 Å². The first-order valence-corrected chi connectivity index (χ1v) is 6.62. The molecule has 5 nitrogen and oxygen atoms in total. The third-order valence-corrected chi connectivity index (χ3v) is 3.01. The predicted molar refractivity (Wildman–Crippen MR) is 75.9 cm³/mol. The van der Waals surface area contributed by atoms with E-state index in [0.29, 0.717) is 0 Å². The van der Waals surface area contributed by atoms with E-state index in [1.807, 2.05) is 44.2 Å². The van der Waals surface area contributed by atoms with Gasteiger partial charge in [-0.15, -0.1) is 0 Å². The molecule has 20 heavy (non-hydrogen) atoms. The summed E-state index contributed by atoms with van der Waals surface area (Å²) in [6, 6.07) is 9.46. The van der Waals surface area contributed by atoms with Gasteiger partial charge in [0.25, 0.3) is 0 Å². The highest BCUT2D eigenvalue weighted by molar-refractivity contribution is 5.67. The van der Waals surface area contributed by atoms with Gasteiger partial charge in [0.05, 0.1) is 24.3 Å². The monoisotopic (exact) mass is 273 g/mol. The summed E-state index contributed by atoms with van der Waals surface area (Å²) in [4.78, 5) is 18.9. The molecule has 2 N–H and O–H groups in total. The number of rotatable bonds is 5. The first-order valence-electron chi connectivity index (χ1n) is 6.62. The second kappa shape index (κ2) is 6.75. The Morgan fingerprint density at radius 1 is 1.35 bits per heavy atom. The maximum absolute atomic E-state index is 11.9. The molecule has 0 spiro atoms. The van der Waals surface area contributed by atoms with Gasteiger partial charge in [-0.3, -0.25) is 0 Å². The van der Waals surface area contributed by atoms with E-state index >= 15 is 0 Å². The van der Waals surface area contributed by atoms with Crippen molar-refractivity contribution in [2.24, 2.45) is 5.92 Å². The highest BCUT2D eigenvalue weighted by Crippen LogP contribution is 2.19. The zero-order valence-corrected chi connectivity index (χ0v) is 11.7. The van der Waals surface area contributed by atoms with Crippen LogP contribution in [0.3, 0.4) is 0 Å². The molecule has 0 aliphatic rings. The molecule has 2 rings (SSSR count). The van der Waals surface area contributed by atoms with E-state index in [2.05, 4.69) is 15.3 Å². The summed E-state index contributed by atoms with van der Waals surface area (Å²) in [5, 5.41) is 2.86. The second-order valence-corrected chi connectivity index (χ2v) is 4.93. The van der Waals surface area contributed by atoms with Crippen LogP contribution in [0.2, 0.25) is 0 Å². The minimum atomic E-state index is -0.429. The number of H-pyrrole nitrogens is 1. The zero-order valence-electron chi connectivity index (χ0n) is 11.7. The molecule has 1 atom stereocenters. The maximum atomic E-state index is 11.9. The first kappa shape index (κ1) is 14.1. The van der Waals surface area contributed by atoms with Crippen LogP contribution in [0.15, 0.2) is 42.9 Å². The minimum absolute atomic E-state index is 0.138. The van der Waals surface area contributed by atoms with E-state index in [-0.39, 0.29) is 18.6 Å². The van der Waals surface area contributed by atoms with Crippen molar-refractivity contribution in [2.75, 3.05) is 0 Å². The van der Waals surface area contributed by atoms with Gasteiger partial charge in [-0.25, -0.2) is 9.78 Å². The van der Waals surface area contributed by atoms with Crippen molar-refractivity contribution < 1.29 is 9.53 Å². The number of ether oxygens (including phenoxy) is 1. The standard InChI is InChI=1S/C15H19N3O2/c1-11(2)14(13-8-16-10-17-13)18-15(19)20-9-12-6-4-3-5-7-12/h3-8,10-11,14H,9H2,1-2H3,(H,16,17)(H,18,19)/t14-/m0/s1. The molecule has 1 heterocycles. The summed E-state index contributed by atoms with van der Waals surface area (Å²) < 4.78 is 5.22. The Balaban J connectivity index is 1.89. The van der Waals surface area contributed by atoms with E-state index < -0.39 is 6.09 Å². The third-order valence-electron chi connectivity index (χ3n) is 3.01. The Morgan fingerprint density at radius 2 is 2.10 bits per heavy atom. The Bertz CT molecular complexity index is 523. The fourth-order valence-electron chi connectivity index (χ4n) is 1.93. The number of carbonyl (C=O) groups excluding carboxylic acids is 1. The van der Waals surface area contributed by atoms with E-state index in [4.69, 9.17) is 4.74 Å². The lowest BCUT2D eigenvalue weighted by Crippen LogP contribution is -2.32. The van der Waals surface area contributed by atoms with Crippen molar-refractivity contribution >= 4 is 6.09 Å². The van der Waals surface area contributed by atoms with Crippen LogP contribution in [0.1, 0.15) is 31.1 Å². The third kappa shape index (κ3) is 3.85. The van der Waals surface area contributed by atoms with Crippen LogP contribution < -0.4 is 5.32 Å². The number of benzene rings is 1. The quantitative estimate of drug-likeness (QED) is 0.880. The molecular formula is C15H19N3O2. The molecular weight excluding hydrogens is 254 g/mol. The number of alkyl carbamates (subject to hydrolysis) is 1. The van der Waals surface area contributed by atoms with Crippen molar-refractivity contribution in [1.82, 2.24) is 15.3 Å². The second-order valence-electron chi connectivity index (χ2n) is 4.93. The van der Waals surface area contributed by atoms with E-state index in [0.717, 1.165) is 11.3 Å². The normalized spacial score (nSPS) is 12.2. The van der Waals surface area contributed by atoms with Crippen LogP contribution >= 0.6 is 0 Å². The van der Waals surface area contributed by atoms with Crippen LogP contribution in [0, 0.1) is 5.92 Å². The van der Waals surface area contributed by atoms with Gasteiger partial charge in [0.1, 0.15) is 6.61 Å². The van der Waals surface area contributed by atoms with Gasteiger partial charge in [0.15, 0.2) is 0 Å². The molecule has 0 bridgehead atoms. The van der Waals surface area contributed by atoms with Gasteiger partial charge < -0.3 is 15.0 Å². The number of amides is 1. The van der Waals surface area contributed by atoms with Gasteiger partial charge in [-0.05, 0) is 11.5 Å². The van der Waals surface area contributed by atoms with E-state index in [1.54, 1.807) is 12.5 Å². The van der Waals surface area contributed by atoms with Gasteiger partial charge in [0, 0.05) is 0 Å². The highest BCUT2D eigenvalue weighted by atomic mass is 16.5. The van der Waals surface area contributed by atoms with Crippen LogP contribution in [-0.4, -0.2) is 16.1 Å². The summed E-state index contributed by atoms with van der Waals surface area (Å²) in [5.74, 6) is 0.236. The van der Waals surface area contributed by atoms with E-state index in [9.17, 15) is 4.79 Å². The number of carbonyl (C=O) groups is 1. The molecule has 0 aliphatic heterocycles. The molecule has 0 saturated carbocycles. The molecule has 0 unspecified atom stereocenters. The lowest BCUT2D eigenvalue weighted by molar-refractivity contribution is 0.132. The number of aromatic amines is 1. The predicted octanol–water partition coefficient (Wildman–Crippen LogP) is 3.03. The summed E-state index contributed by atoms with van der Waals surface area (Å²) in [6.45, 7) is 4.33. The van der Waals surface area contributed by atoms with Gasteiger partial charge >= 0.3 is 6.09 Å². The summed E-state index contributed by atoms with van der Waals surface area (Å²) in [6.07, 6.45) is 2.88. The molecule has 1 aromatic heterocycles. The minimum Gasteiger partial charge on any atom is -0.445 e. The molecule has 5 heteroatoms. The summed E-state index contributed by atoms with van der Waals surface area (Å²) in [5.41, 5.74) is 1.84. The highest BCUT2D eigenvalue weighted by Gasteiger charge is 2.20. The van der Waals surface area contributed by atoms with Crippen molar-refractivity contribution in [2.45, 2.75) is 26.5 Å². The maximum Gasteiger partial charge on any atom is 0.408 e. The molecule has 1 aromatic carbocycles. The SMILES string of the molecule is CC(C)[C@H](NC(=O)OCc1ccccc1)c1cnc[nH]1. The molecule has 0 radical (unpaired) electrons. The molecule has 2 aromatic rings. The Kier molecular flexibility index (Phi) is 4.76. The fourth-order valence-corrected chi connectivity index (χ4v) is 1.93. The number of hydrogen-bond acceptors (Lipinski definition) is 3. The summed E-state index contributed by atoms with van der Waals surface area (Å²) >= 11 is 0. The zero-order chi connectivity index (χ0) is 14.4. The fraction of sp³-hybridized carbons (Fsp3) is 0.333. The Labute approximate surface area is 118 Å². The largest absolute Gasteiger partial charge is 0.445 e. The number of aromatic nitrogens is 2. The molecule has 0 fully saturated rings. The first-order chi connectivity index (χ1) is 9.66. The molecule has 106 valence electrons. The lowest BCUT2D eigenvalue weighted by Gasteiger charge is -2.20. The molecule has 1 amide bonds. The van der Waals surface area contributed by atoms with Gasteiger partial charge in [-0.1, -0.05) is 44.2 Å². The van der Waals surface area contributed by atoms with Gasteiger partial charge in [-0.2, -0.15) is 0 Å². The van der Waals surface area contributed by atoms with Crippen molar-refractivity contribution in [1.29, 1.82) is 0 Å². The number of nitrogens with zero attached hydrogens (tertiary/aromatic N) is 1. The van der Waals surface area contributed by atoms with Crippen LogP contribution in [0.25, 0.3) is 0 Å². The lowest BCUT2D eigenvalue weighted by atomic mass is 10.0. The number of hydrogen-bond donors (Lipinski definition) is 2. The van der Waals surface area contributed by atoms with Crippen LogP contribution in [0.5, 0.6) is 0 Å². The van der Waals surface area contributed by atoms with Crippen LogP contribution in [0.4, 0.5) is 4.79 Å². The average Bonchev–Trinajstić information content (AvgIpc) is 2.97.